The highest BCUT2D eigenvalue weighted by Gasteiger charge is 2.06. The van der Waals surface area contributed by atoms with Crippen LogP contribution < -0.4 is 0 Å². The number of carbonyl (C=O) groups is 1. The second-order valence-electron chi connectivity index (χ2n) is 2.54. The zero-order valence-electron chi connectivity index (χ0n) is 7.12. The molecule has 0 bridgehead atoms. The van der Waals surface area contributed by atoms with Gasteiger partial charge in [-0.2, -0.15) is 25.3 Å². The lowest BCUT2D eigenvalue weighted by molar-refractivity contribution is -0.138. The van der Waals surface area contributed by atoms with E-state index in [0.29, 0.717) is 17.9 Å². The van der Waals surface area contributed by atoms with Gasteiger partial charge in [0.25, 0.3) is 0 Å². The molecule has 0 heterocycles. The van der Waals surface area contributed by atoms with Crippen molar-refractivity contribution in [1.82, 2.24) is 0 Å². The lowest BCUT2D eigenvalue weighted by Crippen LogP contribution is -2.11. The molecule has 0 spiro atoms. The van der Waals surface area contributed by atoms with E-state index in [1.807, 2.05) is 6.92 Å². The molecular weight excluding hydrogens is 192 g/mol. The van der Waals surface area contributed by atoms with Crippen molar-refractivity contribution in [3.63, 3.8) is 0 Å². The third kappa shape index (κ3) is 5.55. The summed E-state index contributed by atoms with van der Waals surface area (Å²) in [4.78, 5) is 11.0. The van der Waals surface area contributed by atoms with Crippen LogP contribution in [0.2, 0.25) is 0 Å². The third-order valence-corrected chi connectivity index (χ3v) is 1.89. The van der Waals surface area contributed by atoms with E-state index in [9.17, 15) is 4.79 Å². The van der Waals surface area contributed by atoms with Crippen LogP contribution in [-0.4, -0.2) is 23.6 Å². The molecule has 4 heteroatoms. The van der Waals surface area contributed by atoms with Crippen molar-refractivity contribution in [2.45, 2.75) is 18.6 Å². The van der Waals surface area contributed by atoms with Gasteiger partial charge in [0.05, 0.1) is 6.61 Å². The fourth-order valence-corrected chi connectivity index (χ4v) is 0.723. The molecule has 1 atom stereocenters. The summed E-state index contributed by atoms with van der Waals surface area (Å²) in [5.41, 5.74) is 0.394. The van der Waals surface area contributed by atoms with E-state index < -0.39 is 0 Å². The molecule has 0 aliphatic carbocycles. The molecule has 0 saturated carbocycles. The van der Waals surface area contributed by atoms with Crippen LogP contribution in [0.15, 0.2) is 12.2 Å². The molecule has 0 rings (SSSR count). The van der Waals surface area contributed by atoms with Crippen LogP contribution in [0.3, 0.4) is 0 Å². The molecule has 0 aromatic carbocycles. The minimum Gasteiger partial charge on any atom is -0.462 e. The van der Waals surface area contributed by atoms with E-state index in [1.54, 1.807) is 0 Å². The first kappa shape index (κ1) is 11.9. The Morgan fingerprint density at radius 3 is 2.67 bits per heavy atom. The van der Waals surface area contributed by atoms with E-state index in [-0.39, 0.29) is 11.2 Å². The standard InChI is InChI=1S/C8H14O2S2/c1-6(5-11)8(9)10-4-3-7(2)12/h7,11-12H,1,3-5H2,2H3. The first-order chi connectivity index (χ1) is 5.57. The second kappa shape index (κ2) is 6.43. The van der Waals surface area contributed by atoms with Gasteiger partial charge in [0, 0.05) is 16.6 Å². The molecule has 0 fully saturated rings. The summed E-state index contributed by atoms with van der Waals surface area (Å²) in [5, 5.41) is 0.252. The van der Waals surface area contributed by atoms with Crippen LogP contribution in [0.5, 0.6) is 0 Å². The fourth-order valence-electron chi connectivity index (χ4n) is 0.489. The summed E-state index contributed by atoms with van der Waals surface area (Å²) < 4.78 is 4.87. The van der Waals surface area contributed by atoms with Gasteiger partial charge in [-0.3, -0.25) is 0 Å². The minimum absolute atomic E-state index is 0.252. The Morgan fingerprint density at radius 1 is 1.67 bits per heavy atom. The summed E-state index contributed by atoms with van der Waals surface area (Å²) in [7, 11) is 0. The van der Waals surface area contributed by atoms with E-state index in [0.717, 1.165) is 6.42 Å². The van der Waals surface area contributed by atoms with E-state index in [2.05, 4.69) is 31.8 Å². The van der Waals surface area contributed by atoms with Crippen LogP contribution >= 0.6 is 25.3 Å². The monoisotopic (exact) mass is 206 g/mol. The largest absolute Gasteiger partial charge is 0.462 e. The molecule has 0 saturated heterocycles. The molecule has 0 aromatic heterocycles. The van der Waals surface area contributed by atoms with Gasteiger partial charge in [-0.1, -0.05) is 13.5 Å². The number of hydrogen-bond acceptors (Lipinski definition) is 4. The highest BCUT2D eigenvalue weighted by Crippen LogP contribution is 2.02. The van der Waals surface area contributed by atoms with E-state index >= 15 is 0 Å². The Bertz CT molecular complexity index is 166. The summed E-state index contributed by atoms with van der Waals surface area (Å²) in [6.45, 7) is 5.85. The average Bonchev–Trinajstić information content (AvgIpc) is 2.02. The lowest BCUT2D eigenvalue weighted by atomic mass is 10.3. The molecule has 0 aromatic rings. The number of hydrogen-bond donors (Lipinski definition) is 2. The normalized spacial score (nSPS) is 12.2. The molecular formula is C8H14O2S2. The van der Waals surface area contributed by atoms with Gasteiger partial charge in [0.15, 0.2) is 0 Å². The number of rotatable bonds is 5. The average molecular weight is 206 g/mol. The van der Waals surface area contributed by atoms with Gasteiger partial charge in [0.2, 0.25) is 0 Å². The Morgan fingerprint density at radius 2 is 2.25 bits per heavy atom. The van der Waals surface area contributed by atoms with Crippen molar-refractivity contribution in [1.29, 1.82) is 0 Å². The molecule has 2 nitrogen and oxygen atoms in total. The van der Waals surface area contributed by atoms with Crippen molar-refractivity contribution >= 4 is 31.2 Å². The van der Waals surface area contributed by atoms with Crippen molar-refractivity contribution in [3.8, 4) is 0 Å². The Labute approximate surface area is 84.2 Å². The van der Waals surface area contributed by atoms with Crippen LogP contribution in [0.25, 0.3) is 0 Å². The number of esters is 1. The van der Waals surface area contributed by atoms with Gasteiger partial charge in [-0.15, -0.1) is 0 Å². The molecule has 1 unspecified atom stereocenters. The van der Waals surface area contributed by atoms with Crippen molar-refractivity contribution in [2.24, 2.45) is 0 Å². The maximum absolute atomic E-state index is 11.0. The smallest absolute Gasteiger partial charge is 0.334 e. The van der Waals surface area contributed by atoms with Crippen LogP contribution in [0.1, 0.15) is 13.3 Å². The Kier molecular flexibility index (Phi) is 6.38. The molecule has 0 amide bonds. The zero-order valence-corrected chi connectivity index (χ0v) is 8.91. The van der Waals surface area contributed by atoms with Crippen LogP contribution in [0.4, 0.5) is 0 Å². The maximum atomic E-state index is 11.0. The first-order valence-electron chi connectivity index (χ1n) is 3.71. The SMILES string of the molecule is C=C(CS)C(=O)OCCC(C)S. The zero-order chi connectivity index (χ0) is 9.56. The topological polar surface area (TPSA) is 26.3 Å². The van der Waals surface area contributed by atoms with Crippen LogP contribution in [0, 0.1) is 0 Å². The van der Waals surface area contributed by atoms with Gasteiger partial charge in [0.1, 0.15) is 0 Å². The van der Waals surface area contributed by atoms with Crippen molar-refractivity contribution < 1.29 is 9.53 Å². The van der Waals surface area contributed by atoms with E-state index in [4.69, 9.17) is 4.74 Å². The summed E-state index contributed by atoms with van der Waals surface area (Å²) >= 11 is 8.05. The lowest BCUT2D eigenvalue weighted by Gasteiger charge is -2.06. The first-order valence-corrected chi connectivity index (χ1v) is 4.86. The Hall–Kier alpha value is -0.0900. The van der Waals surface area contributed by atoms with Gasteiger partial charge >= 0.3 is 5.97 Å². The molecule has 0 aliphatic rings. The second-order valence-corrected chi connectivity index (χ2v) is 3.73. The summed E-state index contributed by atoms with van der Waals surface area (Å²) in [6, 6.07) is 0. The molecule has 70 valence electrons. The number of carbonyl (C=O) groups excluding carboxylic acids is 1. The molecule has 12 heavy (non-hydrogen) atoms. The Balaban J connectivity index is 3.51. The molecule has 0 radical (unpaired) electrons. The van der Waals surface area contributed by atoms with Crippen molar-refractivity contribution in [2.75, 3.05) is 12.4 Å². The van der Waals surface area contributed by atoms with Crippen molar-refractivity contribution in [3.05, 3.63) is 12.2 Å². The third-order valence-electron chi connectivity index (χ3n) is 1.25. The highest BCUT2D eigenvalue weighted by molar-refractivity contribution is 7.81. The molecule has 0 N–H and O–H groups in total. The quantitative estimate of drug-likeness (QED) is 0.407. The summed E-state index contributed by atoms with van der Waals surface area (Å²) in [6.07, 6.45) is 0.759. The fraction of sp³-hybridized carbons (Fsp3) is 0.625. The van der Waals surface area contributed by atoms with Gasteiger partial charge in [-0.05, 0) is 6.42 Å². The minimum atomic E-state index is -0.362. The highest BCUT2D eigenvalue weighted by atomic mass is 32.1. The summed E-state index contributed by atoms with van der Waals surface area (Å²) in [5.74, 6) is -0.0195. The molecule has 0 aliphatic heterocycles. The predicted molar refractivity (Wildman–Crippen MR) is 57.0 cm³/mol. The van der Waals surface area contributed by atoms with Gasteiger partial charge < -0.3 is 4.74 Å². The predicted octanol–water partition coefficient (Wildman–Crippen LogP) is 1.72. The number of ether oxygens (including phenoxy) is 1. The van der Waals surface area contributed by atoms with E-state index in [1.165, 1.54) is 0 Å². The van der Waals surface area contributed by atoms with Crippen LogP contribution in [-0.2, 0) is 9.53 Å². The van der Waals surface area contributed by atoms with Gasteiger partial charge in [-0.25, -0.2) is 4.79 Å². The maximum Gasteiger partial charge on any atom is 0.334 e. The number of thiol groups is 2.